The molecule has 98 valence electrons. The number of nitrogens with zero attached hydrogens (tertiary/aromatic N) is 2. The Bertz CT molecular complexity index is 619. The topological polar surface area (TPSA) is 77.3 Å². The largest absolute Gasteiger partial charge is 0.494 e. The molecule has 0 bridgehead atoms. The molecule has 7 heteroatoms. The zero-order chi connectivity index (χ0) is 13.8. The average Bonchev–Trinajstić information content (AvgIpc) is 2.39. The highest BCUT2D eigenvalue weighted by Crippen LogP contribution is 2.28. The van der Waals surface area contributed by atoms with Gasteiger partial charge in [0.05, 0.1) is 12.0 Å². The molecule has 1 aromatic heterocycles. The third kappa shape index (κ3) is 2.76. The SMILES string of the molecule is COc1ccc(Nc2ccncc2[N+](=O)[O-])cc1F. The maximum atomic E-state index is 13.5. The lowest BCUT2D eigenvalue weighted by Crippen LogP contribution is -1.98. The molecule has 0 amide bonds. The van der Waals surface area contributed by atoms with Crippen LogP contribution in [0.2, 0.25) is 0 Å². The van der Waals surface area contributed by atoms with Gasteiger partial charge in [-0.25, -0.2) is 4.39 Å². The first-order valence-electron chi connectivity index (χ1n) is 5.31. The minimum Gasteiger partial charge on any atom is -0.494 e. The second-order valence-electron chi connectivity index (χ2n) is 3.62. The summed E-state index contributed by atoms with van der Waals surface area (Å²) in [5, 5.41) is 13.6. The van der Waals surface area contributed by atoms with E-state index < -0.39 is 10.7 Å². The molecule has 0 aliphatic heterocycles. The molecule has 1 aromatic carbocycles. The maximum absolute atomic E-state index is 13.5. The van der Waals surface area contributed by atoms with Crippen LogP contribution in [0, 0.1) is 15.9 Å². The van der Waals surface area contributed by atoms with Crippen LogP contribution in [0.1, 0.15) is 0 Å². The van der Waals surface area contributed by atoms with Gasteiger partial charge in [0.1, 0.15) is 11.9 Å². The second kappa shape index (κ2) is 5.30. The van der Waals surface area contributed by atoms with Gasteiger partial charge in [-0.05, 0) is 18.2 Å². The van der Waals surface area contributed by atoms with Crippen LogP contribution in [0.4, 0.5) is 21.5 Å². The lowest BCUT2D eigenvalue weighted by Gasteiger charge is -2.08. The van der Waals surface area contributed by atoms with Crippen molar-refractivity contribution < 1.29 is 14.1 Å². The number of nitro groups is 1. The molecule has 19 heavy (non-hydrogen) atoms. The van der Waals surface area contributed by atoms with E-state index in [9.17, 15) is 14.5 Å². The van der Waals surface area contributed by atoms with Crippen molar-refractivity contribution in [2.24, 2.45) is 0 Å². The van der Waals surface area contributed by atoms with E-state index in [1.54, 1.807) is 6.07 Å². The van der Waals surface area contributed by atoms with Gasteiger partial charge < -0.3 is 10.1 Å². The number of ether oxygens (including phenoxy) is 1. The number of nitrogens with one attached hydrogen (secondary N) is 1. The summed E-state index contributed by atoms with van der Waals surface area (Å²) in [5.41, 5.74) is 0.441. The molecule has 0 aliphatic rings. The minimum atomic E-state index is -0.560. The molecule has 0 atom stereocenters. The zero-order valence-corrected chi connectivity index (χ0v) is 9.96. The Hall–Kier alpha value is -2.70. The summed E-state index contributed by atoms with van der Waals surface area (Å²) < 4.78 is 18.3. The van der Waals surface area contributed by atoms with Gasteiger partial charge in [-0.1, -0.05) is 0 Å². The normalized spacial score (nSPS) is 10.0. The van der Waals surface area contributed by atoms with Gasteiger partial charge in [0.15, 0.2) is 11.6 Å². The third-order valence-electron chi connectivity index (χ3n) is 2.43. The monoisotopic (exact) mass is 263 g/mol. The van der Waals surface area contributed by atoms with Crippen molar-refractivity contribution >= 4 is 17.1 Å². The van der Waals surface area contributed by atoms with Crippen LogP contribution in [0.3, 0.4) is 0 Å². The molecule has 2 rings (SSSR count). The number of hydrogen-bond donors (Lipinski definition) is 1. The highest BCUT2D eigenvalue weighted by Gasteiger charge is 2.13. The smallest absolute Gasteiger partial charge is 0.310 e. The third-order valence-corrected chi connectivity index (χ3v) is 2.43. The first kappa shape index (κ1) is 12.7. The van der Waals surface area contributed by atoms with E-state index in [4.69, 9.17) is 4.74 Å². The Morgan fingerprint density at radius 2 is 2.21 bits per heavy atom. The van der Waals surface area contributed by atoms with Crippen molar-refractivity contribution in [2.75, 3.05) is 12.4 Å². The molecule has 0 saturated heterocycles. The number of pyridine rings is 1. The fourth-order valence-corrected chi connectivity index (χ4v) is 1.54. The van der Waals surface area contributed by atoms with E-state index in [2.05, 4.69) is 10.3 Å². The van der Waals surface area contributed by atoms with Crippen LogP contribution >= 0.6 is 0 Å². The van der Waals surface area contributed by atoms with Crippen LogP contribution in [-0.2, 0) is 0 Å². The van der Waals surface area contributed by atoms with Gasteiger partial charge in [-0.2, -0.15) is 0 Å². The number of hydrogen-bond acceptors (Lipinski definition) is 5. The summed E-state index contributed by atoms with van der Waals surface area (Å²) in [4.78, 5) is 13.9. The van der Waals surface area contributed by atoms with Gasteiger partial charge in [-0.15, -0.1) is 0 Å². The Kier molecular flexibility index (Phi) is 3.56. The quantitative estimate of drug-likeness (QED) is 0.677. The molecule has 0 unspecified atom stereocenters. The van der Waals surface area contributed by atoms with Gasteiger partial charge in [0, 0.05) is 18.0 Å². The molecule has 0 fully saturated rings. The number of anilines is 2. The summed E-state index contributed by atoms with van der Waals surface area (Å²) in [6.45, 7) is 0. The summed E-state index contributed by atoms with van der Waals surface area (Å²) in [6, 6.07) is 5.64. The minimum absolute atomic E-state index is 0.106. The number of rotatable bonds is 4. The van der Waals surface area contributed by atoms with Crippen molar-refractivity contribution in [3.05, 3.63) is 52.6 Å². The highest BCUT2D eigenvalue weighted by molar-refractivity contribution is 5.68. The molecule has 0 saturated carbocycles. The molecule has 1 N–H and O–H groups in total. The van der Waals surface area contributed by atoms with Gasteiger partial charge in [0.2, 0.25) is 0 Å². The van der Waals surface area contributed by atoms with Gasteiger partial charge in [0.25, 0.3) is 0 Å². The van der Waals surface area contributed by atoms with E-state index in [0.717, 1.165) is 6.20 Å². The van der Waals surface area contributed by atoms with Crippen LogP contribution in [0.5, 0.6) is 5.75 Å². The van der Waals surface area contributed by atoms with E-state index >= 15 is 0 Å². The van der Waals surface area contributed by atoms with Gasteiger partial charge in [-0.3, -0.25) is 15.1 Å². The predicted molar refractivity (Wildman–Crippen MR) is 67.1 cm³/mol. The van der Waals surface area contributed by atoms with Crippen molar-refractivity contribution in [1.29, 1.82) is 0 Å². The molecule has 0 radical (unpaired) electrons. The Morgan fingerprint density at radius 3 is 2.84 bits per heavy atom. The molecule has 6 nitrogen and oxygen atoms in total. The Morgan fingerprint density at radius 1 is 1.42 bits per heavy atom. The number of benzene rings is 1. The predicted octanol–water partition coefficient (Wildman–Crippen LogP) is 2.88. The fourth-order valence-electron chi connectivity index (χ4n) is 1.54. The van der Waals surface area contributed by atoms with Crippen LogP contribution in [-0.4, -0.2) is 17.0 Å². The Labute approximate surface area is 108 Å². The molecular formula is C12H10FN3O3. The summed E-state index contributed by atoms with van der Waals surface area (Å²) in [5.74, 6) is -0.445. The van der Waals surface area contributed by atoms with Crippen LogP contribution in [0.25, 0.3) is 0 Å². The number of halogens is 1. The van der Waals surface area contributed by atoms with E-state index in [0.29, 0.717) is 5.69 Å². The molecule has 2 aromatic rings. The standard InChI is InChI=1S/C12H10FN3O3/c1-19-12-3-2-8(6-9(12)13)15-10-4-5-14-7-11(10)16(17)18/h2-7H,1H3,(H,14,15). The van der Waals surface area contributed by atoms with Gasteiger partial charge >= 0.3 is 5.69 Å². The fraction of sp³-hybridized carbons (Fsp3) is 0.0833. The van der Waals surface area contributed by atoms with Crippen molar-refractivity contribution in [2.45, 2.75) is 0 Å². The lowest BCUT2D eigenvalue weighted by molar-refractivity contribution is -0.384. The number of aromatic nitrogens is 1. The highest BCUT2D eigenvalue weighted by atomic mass is 19.1. The number of methoxy groups -OCH3 is 1. The summed E-state index contributed by atoms with van der Waals surface area (Å²) in [7, 11) is 1.36. The lowest BCUT2D eigenvalue weighted by atomic mass is 10.2. The van der Waals surface area contributed by atoms with Crippen molar-refractivity contribution in [3.8, 4) is 5.75 Å². The van der Waals surface area contributed by atoms with E-state index in [-0.39, 0.29) is 17.1 Å². The molecule has 0 aliphatic carbocycles. The average molecular weight is 263 g/mol. The summed E-state index contributed by atoms with van der Waals surface area (Å²) >= 11 is 0. The van der Waals surface area contributed by atoms with Crippen molar-refractivity contribution in [1.82, 2.24) is 4.98 Å². The molecular weight excluding hydrogens is 253 g/mol. The first-order valence-corrected chi connectivity index (χ1v) is 5.31. The van der Waals surface area contributed by atoms with Crippen LogP contribution in [0.15, 0.2) is 36.7 Å². The van der Waals surface area contributed by atoms with E-state index in [1.165, 1.54) is 31.5 Å². The first-order chi connectivity index (χ1) is 9.11. The zero-order valence-electron chi connectivity index (χ0n) is 9.96. The molecule has 1 heterocycles. The Balaban J connectivity index is 2.31. The van der Waals surface area contributed by atoms with E-state index in [1.807, 2.05) is 0 Å². The second-order valence-corrected chi connectivity index (χ2v) is 3.62. The van der Waals surface area contributed by atoms with Crippen LogP contribution < -0.4 is 10.1 Å². The summed E-state index contributed by atoms with van der Waals surface area (Å²) in [6.07, 6.45) is 2.54. The van der Waals surface area contributed by atoms with Crippen molar-refractivity contribution in [3.63, 3.8) is 0 Å². The maximum Gasteiger partial charge on any atom is 0.310 e. The molecule has 0 spiro atoms.